The molecule has 0 radical (unpaired) electrons. The average Bonchev–Trinajstić information content (AvgIpc) is 3.05. The SMILES string of the molecule is O=C(Cn1cnc2ccccc2c1=O)NC1CCc2nccn2C1. The zero-order valence-electron chi connectivity index (χ0n) is 13.1. The number of benzene rings is 1. The second-order valence-corrected chi connectivity index (χ2v) is 5.99. The quantitative estimate of drug-likeness (QED) is 0.770. The smallest absolute Gasteiger partial charge is 0.261 e. The molecule has 0 saturated heterocycles. The summed E-state index contributed by atoms with van der Waals surface area (Å²) in [5.74, 6) is 0.873. The van der Waals surface area contributed by atoms with Gasteiger partial charge < -0.3 is 9.88 Å². The summed E-state index contributed by atoms with van der Waals surface area (Å²) in [5.41, 5.74) is 0.440. The topological polar surface area (TPSA) is 81.8 Å². The summed E-state index contributed by atoms with van der Waals surface area (Å²) in [5, 5.41) is 3.52. The molecule has 0 fully saturated rings. The molecule has 3 aromatic rings. The molecule has 0 aliphatic carbocycles. The first-order valence-corrected chi connectivity index (χ1v) is 7.94. The Balaban J connectivity index is 1.47. The number of carbonyl (C=O) groups is 1. The largest absolute Gasteiger partial charge is 0.350 e. The number of fused-ring (bicyclic) bond motifs is 2. The van der Waals surface area contributed by atoms with Crippen molar-refractivity contribution in [3.63, 3.8) is 0 Å². The van der Waals surface area contributed by atoms with Crippen LogP contribution < -0.4 is 10.9 Å². The van der Waals surface area contributed by atoms with E-state index in [1.54, 1.807) is 24.4 Å². The molecule has 24 heavy (non-hydrogen) atoms. The zero-order valence-corrected chi connectivity index (χ0v) is 13.1. The Hall–Kier alpha value is -2.96. The number of imidazole rings is 1. The lowest BCUT2D eigenvalue weighted by atomic mass is 10.1. The van der Waals surface area contributed by atoms with Gasteiger partial charge in [0.15, 0.2) is 0 Å². The Bertz CT molecular complexity index is 959. The molecular formula is C17H17N5O2. The van der Waals surface area contributed by atoms with E-state index in [9.17, 15) is 9.59 Å². The second-order valence-electron chi connectivity index (χ2n) is 5.99. The summed E-state index contributed by atoms with van der Waals surface area (Å²) in [7, 11) is 0. The molecule has 1 aliphatic rings. The lowest BCUT2D eigenvalue weighted by Crippen LogP contribution is -2.43. The van der Waals surface area contributed by atoms with Crippen molar-refractivity contribution in [3.8, 4) is 0 Å². The fourth-order valence-corrected chi connectivity index (χ4v) is 3.13. The number of aryl methyl sites for hydroxylation is 1. The van der Waals surface area contributed by atoms with Crippen LogP contribution in [0.4, 0.5) is 0 Å². The van der Waals surface area contributed by atoms with Crippen LogP contribution in [0.25, 0.3) is 10.9 Å². The summed E-state index contributed by atoms with van der Waals surface area (Å²) in [6, 6.07) is 7.19. The van der Waals surface area contributed by atoms with Gasteiger partial charge in [-0.05, 0) is 18.6 Å². The second kappa shape index (κ2) is 5.92. The number of nitrogens with zero attached hydrogens (tertiary/aromatic N) is 4. The molecule has 7 nitrogen and oxygen atoms in total. The molecule has 1 N–H and O–H groups in total. The van der Waals surface area contributed by atoms with Crippen LogP contribution in [0.15, 0.2) is 47.8 Å². The van der Waals surface area contributed by atoms with Crippen molar-refractivity contribution in [2.45, 2.75) is 32.0 Å². The van der Waals surface area contributed by atoms with Gasteiger partial charge in [0.2, 0.25) is 5.91 Å². The van der Waals surface area contributed by atoms with Crippen LogP contribution in [0.1, 0.15) is 12.2 Å². The van der Waals surface area contributed by atoms with Crippen molar-refractivity contribution in [2.75, 3.05) is 0 Å². The van der Waals surface area contributed by atoms with Gasteiger partial charge in [-0.25, -0.2) is 9.97 Å². The van der Waals surface area contributed by atoms with Crippen LogP contribution in [-0.2, 0) is 24.3 Å². The molecule has 1 aliphatic heterocycles. The molecule has 0 spiro atoms. The zero-order chi connectivity index (χ0) is 16.5. The third-order valence-electron chi connectivity index (χ3n) is 4.35. The van der Waals surface area contributed by atoms with E-state index in [0.717, 1.165) is 18.7 Å². The lowest BCUT2D eigenvalue weighted by molar-refractivity contribution is -0.122. The number of aromatic nitrogens is 4. The lowest BCUT2D eigenvalue weighted by Gasteiger charge is -2.24. The average molecular weight is 323 g/mol. The van der Waals surface area contributed by atoms with Gasteiger partial charge in [0, 0.05) is 31.4 Å². The maximum absolute atomic E-state index is 12.4. The Labute approximate surface area is 138 Å². The molecule has 0 saturated carbocycles. The molecule has 3 heterocycles. The minimum atomic E-state index is -0.198. The van der Waals surface area contributed by atoms with E-state index in [1.807, 2.05) is 12.3 Å². The Morgan fingerprint density at radius 2 is 2.17 bits per heavy atom. The number of amides is 1. The molecule has 1 amide bonds. The van der Waals surface area contributed by atoms with Crippen molar-refractivity contribution in [1.82, 2.24) is 24.4 Å². The van der Waals surface area contributed by atoms with Crippen LogP contribution in [0, 0.1) is 0 Å². The van der Waals surface area contributed by atoms with Gasteiger partial charge in [-0.15, -0.1) is 0 Å². The fourth-order valence-electron chi connectivity index (χ4n) is 3.13. The molecule has 1 atom stereocenters. The predicted octanol–water partition coefficient (Wildman–Crippen LogP) is 0.724. The third-order valence-corrected chi connectivity index (χ3v) is 4.35. The molecular weight excluding hydrogens is 306 g/mol. The van der Waals surface area contributed by atoms with E-state index in [2.05, 4.69) is 19.9 Å². The predicted molar refractivity (Wildman–Crippen MR) is 88.5 cm³/mol. The van der Waals surface area contributed by atoms with Gasteiger partial charge in [0.25, 0.3) is 5.56 Å². The highest BCUT2D eigenvalue weighted by atomic mass is 16.2. The monoisotopic (exact) mass is 323 g/mol. The fraction of sp³-hybridized carbons (Fsp3) is 0.294. The highest BCUT2D eigenvalue weighted by Crippen LogP contribution is 2.13. The number of para-hydroxylation sites is 1. The summed E-state index contributed by atoms with van der Waals surface area (Å²) >= 11 is 0. The number of hydrogen-bond acceptors (Lipinski definition) is 4. The molecule has 0 bridgehead atoms. The van der Waals surface area contributed by atoms with Gasteiger partial charge in [-0.3, -0.25) is 14.2 Å². The van der Waals surface area contributed by atoms with E-state index < -0.39 is 0 Å². The molecule has 7 heteroatoms. The Kier molecular flexibility index (Phi) is 3.60. The van der Waals surface area contributed by atoms with Crippen LogP contribution >= 0.6 is 0 Å². The van der Waals surface area contributed by atoms with E-state index in [1.165, 1.54) is 10.9 Å². The minimum Gasteiger partial charge on any atom is -0.350 e. The van der Waals surface area contributed by atoms with Gasteiger partial charge >= 0.3 is 0 Å². The van der Waals surface area contributed by atoms with Crippen molar-refractivity contribution < 1.29 is 4.79 Å². The molecule has 1 aromatic carbocycles. The highest BCUT2D eigenvalue weighted by molar-refractivity contribution is 5.79. The first-order chi connectivity index (χ1) is 11.7. The van der Waals surface area contributed by atoms with Crippen molar-refractivity contribution in [2.24, 2.45) is 0 Å². The van der Waals surface area contributed by atoms with E-state index in [-0.39, 0.29) is 24.1 Å². The Morgan fingerprint density at radius 3 is 3.08 bits per heavy atom. The number of carbonyl (C=O) groups excluding carboxylic acids is 1. The molecule has 2 aromatic heterocycles. The highest BCUT2D eigenvalue weighted by Gasteiger charge is 2.20. The first-order valence-electron chi connectivity index (χ1n) is 7.94. The van der Waals surface area contributed by atoms with Crippen LogP contribution in [0.5, 0.6) is 0 Å². The van der Waals surface area contributed by atoms with Gasteiger partial charge in [-0.1, -0.05) is 12.1 Å². The van der Waals surface area contributed by atoms with Crippen LogP contribution in [-0.4, -0.2) is 31.1 Å². The van der Waals surface area contributed by atoms with Crippen molar-refractivity contribution in [3.05, 3.63) is 59.2 Å². The summed E-state index contributed by atoms with van der Waals surface area (Å²) in [6.45, 7) is 0.690. The van der Waals surface area contributed by atoms with Gasteiger partial charge in [0.05, 0.1) is 17.2 Å². The number of nitrogens with one attached hydrogen (secondary N) is 1. The van der Waals surface area contributed by atoms with Crippen LogP contribution in [0.2, 0.25) is 0 Å². The maximum atomic E-state index is 12.4. The molecule has 4 rings (SSSR count). The van der Waals surface area contributed by atoms with Gasteiger partial charge in [-0.2, -0.15) is 0 Å². The molecule has 1 unspecified atom stereocenters. The normalized spacial score (nSPS) is 16.8. The van der Waals surface area contributed by atoms with E-state index >= 15 is 0 Å². The van der Waals surface area contributed by atoms with Crippen LogP contribution in [0.3, 0.4) is 0 Å². The summed E-state index contributed by atoms with van der Waals surface area (Å²) in [4.78, 5) is 33.2. The number of rotatable bonds is 3. The summed E-state index contributed by atoms with van der Waals surface area (Å²) < 4.78 is 3.40. The van der Waals surface area contributed by atoms with Crippen molar-refractivity contribution in [1.29, 1.82) is 0 Å². The van der Waals surface area contributed by atoms with Gasteiger partial charge in [0.1, 0.15) is 12.4 Å². The summed E-state index contributed by atoms with van der Waals surface area (Å²) in [6.07, 6.45) is 6.83. The Morgan fingerprint density at radius 1 is 1.29 bits per heavy atom. The minimum absolute atomic E-state index is 0.0239. The van der Waals surface area contributed by atoms with Crippen molar-refractivity contribution >= 4 is 16.8 Å². The van der Waals surface area contributed by atoms with E-state index in [0.29, 0.717) is 17.4 Å². The maximum Gasteiger partial charge on any atom is 0.261 e. The third kappa shape index (κ3) is 2.68. The molecule has 122 valence electrons. The number of hydrogen-bond donors (Lipinski definition) is 1. The standard InChI is InChI=1S/C17H17N5O2/c23-16(20-12-5-6-15-18-7-8-21(15)9-12)10-22-11-19-14-4-2-1-3-13(14)17(22)24/h1-4,7-8,11-12H,5-6,9-10H2,(H,20,23). The first kappa shape index (κ1) is 14.6. The van der Waals surface area contributed by atoms with E-state index in [4.69, 9.17) is 0 Å².